The first-order chi connectivity index (χ1) is 6.91. The van der Waals surface area contributed by atoms with Gasteiger partial charge in [0, 0.05) is 12.0 Å². The zero-order valence-electron chi connectivity index (χ0n) is 8.11. The normalized spacial score (nSPS) is 15.6. The minimum atomic E-state index is -4.36. The lowest BCUT2D eigenvalue weighted by Gasteiger charge is -2.14. The summed E-state index contributed by atoms with van der Waals surface area (Å²) in [5, 5.41) is 0. The molecular formula is C11H9F3O. The number of aryl methyl sites for hydroxylation is 1. The summed E-state index contributed by atoms with van der Waals surface area (Å²) in [6.07, 6.45) is -3.95. The molecule has 1 aromatic rings. The maximum atomic E-state index is 12.7. The number of benzene rings is 1. The molecule has 0 radical (unpaired) electrons. The maximum Gasteiger partial charge on any atom is 0.416 e. The van der Waals surface area contributed by atoms with Crippen molar-refractivity contribution in [2.24, 2.45) is 0 Å². The summed E-state index contributed by atoms with van der Waals surface area (Å²) in [6, 6.07) is 2.86. The van der Waals surface area contributed by atoms with Crippen molar-refractivity contribution in [2.75, 3.05) is 0 Å². The van der Waals surface area contributed by atoms with Crippen molar-refractivity contribution in [3.8, 4) is 0 Å². The smallest absolute Gasteiger partial charge is 0.294 e. The van der Waals surface area contributed by atoms with Crippen LogP contribution >= 0.6 is 0 Å². The average Bonchev–Trinajstić information content (AvgIpc) is 2.45. The van der Waals surface area contributed by atoms with Gasteiger partial charge in [-0.25, -0.2) is 0 Å². The van der Waals surface area contributed by atoms with Crippen LogP contribution in [0, 0.1) is 6.92 Å². The lowest BCUT2D eigenvalue weighted by atomic mass is 9.98. The Kier molecular flexibility index (Phi) is 2.10. The van der Waals surface area contributed by atoms with Crippen LogP contribution in [0.1, 0.15) is 33.5 Å². The molecule has 1 aromatic carbocycles. The minimum Gasteiger partial charge on any atom is -0.294 e. The van der Waals surface area contributed by atoms with Gasteiger partial charge >= 0.3 is 6.18 Å². The van der Waals surface area contributed by atoms with E-state index in [0.717, 1.165) is 0 Å². The number of carbonyl (C=O) groups excluding carboxylic acids is 1. The average molecular weight is 214 g/mol. The Labute approximate surface area is 84.9 Å². The predicted molar refractivity (Wildman–Crippen MR) is 48.8 cm³/mol. The highest BCUT2D eigenvalue weighted by atomic mass is 19.4. The number of rotatable bonds is 0. The van der Waals surface area contributed by atoms with Crippen LogP contribution in [0.2, 0.25) is 0 Å². The number of carbonyl (C=O) groups is 1. The maximum absolute atomic E-state index is 12.7. The third-order valence-corrected chi connectivity index (χ3v) is 2.71. The second kappa shape index (κ2) is 3.08. The first kappa shape index (κ1) is 10.2. The number of hydrogen-bond donors (Lipinski definition) is 0. The van der Waals surface area contributed by atoms with E-state index >= 15 is 0 Å². The van der Waals surface area contributed by atoms with E-state index in [0.29, 0.717) is 0 Å². The first-order valence-corrected chi connectivity index (χ1v) is 4.64. The Morgan fingerprint density at radius 1 is 1.20 bits per heavy atom. The number of halogens is 3. The van der Waals surface area contributed by atoms with Crippen molar-refractivity contribution in [3.05, 3.63) is 34.4 Å². The Hall–Kier alpha value is -1.32. The quantitative estimate of drug-likeness (QED) is 0.648. The van der Waals surface area contributed by atoms with E-state index in [-0.39, 0.29) is 35.3 Å². The van der Waals surface area contributed by atoms with Crippen LogP contribution < -0.4 is 0 Å². The van der Waals surface area contributed by atoms with E-state index in [4.69, 9.17) is 0 Å². The monoisotopic (exact) mass is 214 g/mol. The second-order valence-corrected chi connectivity index (χ2v) is 3.70. The van der Waals surface area contributed by atoms with Crippen LogP contribution in [0.25, 0.3) is 0 Å². The zero-order valence-corrected chi connectivity index (χ0v) is 8.11. The van der Waals surface area contributed by atoms with Gasteiger partial charge in [0.05, 0.1) is 5.56 Å². The van der Waals surface area contributed by atoms with Gasteiger partial charge in [0.2, 0.25) is 0 Å². The molecule has 15 heavy (non-hydrogen) atoms. The molecule has 0 N–H and O–H groups in total. The van der Waals surface area contributed by atoms with Crippen LogP contribution in [-0.4, -0.2) is 5.78 Å². The molecule has 1 aliphatic carbocycles. The van der Waals surface area contributed by atoms with Crippen molar-refractivity contribution in [1.82, 2.24) is 0 Å². The van der Waals surface area contributed by atoms with Gasteiger partial charge in [-0.15, -0.1) is 0 Å². The van der Waals surface area contributed by atoms with E-state index < -0.39 is 11.7 Å². The molecule has 80 valence electrons. The van der Waals surface area contributed by atoms with E-state index in [2.05, 4.69) is 0 Å². The highest BCUT2D eigenvalue weighted by Crippen LogP contribution is 2.38. The van der Waals surface area contributed by atoms with E-state index in [9.17, 15) is 18.0 Å². The van der Waals surface area contributed by atoms with Crippen molar-refractivity contribution >= 4 is 5.78 Å². The zero-order chi connectivity index (χ0) is 11.2. The van der Waals surface area contributed by atoms with E-state index in [1.165, 1.54) is 19.1 Å². The fourth-order valence-electron chi connectivity index (χ4n) is 2.05. The Morgan fingerprint density at radius 2 is 1.87 bits per heavy atom. The topological polar surface area (TPSA) is 17.1 Å². The molecule has 0 amide bonds. The molecule has 2 rings (SSSR count). The van der Waals surface area contributed by atoms with Crippen molar-refractivity contribution in [3.63, 3.8) is 0 Å². The van der Waals surface area contributed by atoms with Crippen molar-refractivity contribution in [1.29, 1.82) is 0 Å². The van der Waals surface area contributed by atoms with Gasteiger partial charge in [0.25, 0.3) is 0 Å². The Balaban J connectivity index is 2.70. The van der Waals surface area contributed by atoms with Gasteiger partial charge in [0.15, 0.2) is 5.78 Å². The standard InChI is InChI=1S/C11H9F3O/c1-6-2-3-7-8(4-5-9(7)15)10(6)11(12,13)14/h2-3H,4-5H2,1H3. The fourth-order valence-corrected chi connectivity index (χ4v) is 2.05. The summed E-state index contributed by atoms with van der Waals surface area (Å²) in [4.78, 5) is 11.3. The summed E-state index contributed by atoms with van der Waals surface area (Å²) in [7, 11) is 0. The van der Waals surface area contributed by atoms with Gasteiger partial charge in [-0.3, -0.25) is 4.79 Å². The molecule has 0 saturated heterocycles. The lowest BCUT2D eigenvalue weighted by molar-refractivity contribution is -0.138. The molecule has 0 atom stereocenters. The number of Topliss-reactive ketones (excluding diaryl/α,β-unsaturated/α-hetero) is 1. The number of hydrogen-bond acceptors (Lipinski definition) is 1. The lowest BCUT2D eigenvalue weighted by Crippen LogP contribution is -2.11. The molecule has 0 heterocycles. The molecule has 0 bridgehead atoms. The molecule has 1 nitrogen and oxygen atoms in total. The predicted octanol–water partition coefficient (Wildman–Crippen LogP) is 3.14. The highest BCUT2D eigenvalue weighted by Gasteiger charge is 2.38. The number of fused-ring (bicyclic) bond motifs is 1. The summed E-state index contributed by atoms with van der Waals surface area (Å²) < 4.78 is 38.2. The highest BCUT2D eigenvalue weighted by molar-refractivity contribution is 6.00. The largest absolute Gasteiger partial charge is 0.416 e. The minimum absolute atomic E-state index is 0.174. The van der Waals surface area contributed by atoms with Gasteiger partial charge in [-0.05, 0) is 24.5 Å². The number of alkyl halides is 3. The molecule has 0 aromatic heterocycles. The molecular weight excluding hydrogens is 205 g/mol. The van der Waals surface area contributed by atoms with E-state index in [1.54, 1.807) is 0 Å². The van der Waals surface area contributed by atoms with Gasteiger partial charge in [-0.1, -0.05) is 12.1 Å². The van der Waals surface area contributed by atoms with E-state index in [1.807, 2.05) is 0 Å². The van der Waals surface area contributed by atoms with Crippen LogP contribution in [0.4, 0.5) is 13.2 Å². The van der Waals surface area contributed by atoms with Crippen molar-refractivity contribution < 1.29 is 18.0 Å². The van der Waals surface area contributed by atoms with Gasteiger partial charge in [-0.2, -0.15) is 13.2 Å². The second-order valence-electron chi connectivity index (χ2n) is 3.70. The Morgan fingerprint density at radius 3 is 2.47 bits per heavy atom. The summed E-state index contributed by atoms with van der Waals surface area (Å²) in [5.41, 5.74) is -0.0118. The van der Waals surface area contributed by atoms with Crippen LogP contribution in [-0.2, 0) is 12.6 Å². The van der Waals surface area contributed by atoms with Gasteiger partial charge in [0.1, 0.15) is 0 Å². The Bertz CT molecular complexity index is 432. The van der Waals surface area contributed by atoms with Gasteiger partial charge < -0.3 is 0 Å². The molecule has 0 fully saturated rings. The third kappa shape index (κ3) is 1.54. The summed E-state index contributed by atoms with van der Waals surface area (Å²) in [5.74, 6) is -0.185. The molecule has 0 unspecified atom stereocenters. The summed E-state index contributed by atoms with van der Waals surface area (Å²) in [6.45, 7) is 1.42. The van der Waals surface area contributed by atoms with Crippen LogP contribution in [0.5, 0.6) is 0 Å². The van der Waals surface area contributed by atoms with Crippen molar-refractivity contribution in [2.45, 2.75) is 25.9 Å². The van der Waals surface area contributed by atoms with Crippen LogP contribution in [0.3, 0.4) is 0 Å². The molecule has 4 heteroatoms. The molecule has 0 saturated carbocycles. The van der Waals surface area contributed by atoms with Crippen LogP contribution in [0.15, 0.2) is 12.1 Å². The molecule has 0 spiro atoms. The fraction of sp³-hybridized carbons (Fsp3) is 0.364. The SMILES string of the molecule is Cc1ccc2c(c1C(F)(F)F)CCC2=O. The first-order valence-electron chi connectivity index (χ1n) is 4.64. The summed E-state index contributed by atoms with van der Waals surface area (Å²) >= 11 is 0. The molecule has 0 aliphatic heterocycles. The molecule has 1 aliphatic rings. The third-order valence-electron chi connectivity index (χ3n) is 2.71. The number of ketones is 1.